The first-order valence-corrected chi connectivity index (χ1v) is 18.6. The summed E-state index contributed by atoms with van der Waals surface area (Å²) in [5.41, 5.74) is 11.8. The summed E-state index contributed by atoms with van der Waals surface area (Å²) in [7, 11) is 6.21. The van der Waals surface area contributed by atoms with Crippen LogP contribution in [0.4, 0.5) is 0 Å². The molecule has 0 aromatic carbocycles. The number of allylic oxidation sites excluding steroid dienone is 2. The maximum absolute atomic E-state index is 5.42. The number of hydrogen-bond donors (Lipinski definition) is 0. The van der Waals surface area contributed by atoms with Crippen molar-refractivity contribution in [3.05, 3.63) is 177 Å². The third-order valence-corrected chi connectivity index (χ3v) is 16.1. The Morgan fingerprint density at radius 2 is 0.911 bits per heavy atom. The molecule has 8 heteroatoms. The monoisotopic (exact) mass is 640 g/mol. The van der Waals surface area contributed by atoms with Crippen molar-refractivity contribution in [3.8, 4) is 0 Å². The van der Waals surface area contributed by atoms with Crippen molar-refractivity contribution in [2.24, 2.45) is 26.1 Å². The van der Waals surface area contributed by atoms with Crippen molar-refractivity contribution >= 4 is 39.4 Å². The van der Waals surface area contributed by atoms with Gasteiger partial charge in [-0.25, -0.2) is 0 Å². The zero-order valence-electron chi connectivity index (χ0n) is 25.3. The molecule has 6 aromatic heterocycles. The average Bonchev–Trinajstić information content (AvgIpc) is 3.88. The first kappa shape index (κ1) is 25.2. The van der Waals surface area contributed by atoms with Gasteiger partial charge in [0.05, 0.1) is 0 Å². The first-order valence-electron chi connectivity index (χ1n) is 15.3. The van der Waals surface area contributed by atoms with E-state index in [4.69, 9.17) is 4.99 Å². The van der Waals surface area contributed by atoms with Gasteiger partial charge in [0.25, 0.3) is 0 Å². The van der Waals surface area contributed by atoms with Crippen LogP contribution in [0.15, 0.2) is 133 Å². The summed E-state index contributed by atoms with van der Waals surface area (Å²) in [5.74, 6) is 0. The number of fused-ring (bicyclic) bond motifs is 1. The standard InChI is InChI=1S/C37H29N7.Ga/c1-42-18-12-24(13-19-42)35-29-6-4-27(38-29)28-5-7-30(39-28)36(25-14-20-43(2)21-15-25)32-9-11-34(41-32)37(33-10-8-31(35)40-33)26-16-22-44(3)23-17-26;/h4-23H,1-3H3;/q;+3. The minimum absolute atomic E-state index is 1.01. The number of rotatable bonds is 3. The Balaban J connectivity index is 1.41. The molecule has 0 unspecified atom stereocenters. The summed E-state index contributed by atoms with van der Waals surface area (Å²) >= 11 is -2.83. The van der Waals surface area contributed by atoms with E-state index in [9.17, 15) is 0 Å². The van der Waals surface area contributed by atoms with E-state index in [0.717, 1.165) is 11.4 Å². The Morgan fingerprint density at radius 1 is 0.467 bits per heavy atom. The Kier molecular flexibility index (Phi) is 5.00. The second kappa shape index (κ2) is 8.94. The quantitative estimate of drug-likeness (QED) is 0.208. The van der Waals surface area contributed by atoms with Gasteiger partial charge in [0.1, 0.15) is 0 Å². The van der Waals surface area contributed by atoms with Crippen LogP contribution in [0.1, 0.15) is 28.1 Å². The molecule has 10 heterocycles. The van der Waals surface area contributed by atoms with Gasteiger partial charge in [0, 0.05) is 0 Å². The Hall–Kier alpha value is -5.18. The fourth-order valence-corrected chi connectivity index (χ4v) is 14.9. The molecule has 0 saturated carbocycles. The number of aromatic nitrogens is 6. The molecule has 0 spiro atoms. The van der Waals surface area contributed by atoms with Gasteiger partial charge in [-0.05, 0) is 0 Å². The van der Waals surface area contributed by atoms with Crippen LogP contribution >= 0.6 is 0 Å². The number of aliphatic imine (C=N–C) groups is 1. The molecule has 0 saturated heterocycles. The molecule has 0 radical (unpaired) electrons. The summed E-state index contributed by atoms with van der Waals surface area (Å²) < 4.78 is 14.5. The fourth-order valence-electron chi connectivity index (χ4n) is 7.59. The molecular formula is C37H29GaN7+3. The summed E-state index contributed by atoms with van der Waals surface area (Å²) in [4.78, 5) is 5.42. The third kappa shape index (κ3) is 3.38. The van der Waals surface area contributed by atoms with Gasteiger partial charge < -0.3 is 0 Å². The van der Waals surface area contributed by atoms with Gasteiger partial charge in [-0.2, -0.15) is 0 Å². The maximum atomic E-state index is 5.42. The number of aryl methyl sites for hydroxylation is 3. The molecular weight excluding hydrogens is 612 g/mol. The number of nitrogens with zero attached hydrogens (tertiary/aromatic N) is 7. The van der Waals surface area contributed by atoms with Crippen LogP contribution in [0.25, 0.3) is 16.7 Å². The Bertz CT molecular complexity index is 2590. The van der Waals surface area contributed by atoms with E-state index in [1.165, 1.54) is 66.2 Å². The molecule has 10 rings (SSSR count). The van der Waals surface area contributed by atoms with E-state index in [1.807, 2.05) is 0 Å². The summed E-state index contributed by atoms with van der Waals surface area (Å²) in [5, 5.41) is 5.18. The van der Waals surface area contributed by atoms with Crippen LogP contribution in [0, 0.1) is 10.7 Å². The van der Waals surface area contributed by atoms with Crippen LogP contribution in [0.2, 0.25) is 0 Å². The van der Waals surface area contributed by atoms with Crippen LogP contribution in [-0.4, -0.2) is 32.5 Å². The van der Waals surface area contributed by atoms with E-state index in [1.54, 1.807) is 0 Å². The van der Waals surface area contributed by atoms with E-state index in [2.05, 4.69) is 167 Å². The van der Waals surface area contributed by atoms with Gasteiger partial charge in [0.15, 0.2) is 0 Å². The van der Waals surface area contributed by atoms with E-state index in [-0.39, 0.29) is 0 Å². The van der Waals surface area contributed by atoms with Gasteiger partial charge in [-0.3, -0.25) is 0 Å². The first-order chi connectivity index (χ1) is 22.0. The van der Waals surface area contributed by atoms with Crippen molar-refractivity contribution in [3.63, 3.8) is 0 Å². The van der Waals surface area contributed by atoms with Crippen molar-refractivity contribution in [1.29, 1.82) is 0 Å². The van der Waals surface area contributed by atoms with Gasteiger partial charge >= 0.3 is 266 Å². The molecule has 6 aromatic rings. The zero-order chi connectivity index (χ0) is 30.0. The van der Waals surface area contributed by atoms with Crippen molar-refractivity contribution in [2.75, 3.05) is 0 Å². The molecule has 4 aliphatic heterocycles. The van der Waals surface area contributed by atoms with Crippen LogP contribution < -0.4 is 24.4 Å². The van der Waals surface area contributed by atoms with Gasteiger partial charge in [-0.15, -0.1) is 0 Å². The van der Waals surface area contributed by atoms with Gasteiger partial charge in [-0.1, -0.05) is 0 Å². The average molecular weight is 641 g/mol. The Labute approximate surface area is 265 Å². The summed E-state index contributed by atoms with van der Waals surface area (Å²) in [6.45, 7) is 0. The predicted molar refractivity (Wildman–Crippen MR) is 172 cm³/mol. The normalized spacial score (nSPS) is 15.3. The van der Waals surface area contributed by atoms with Gasteiger partial charge in [0.2, 0.25) is 0 Å². The van der Waals surface area contributed by atoms with Crippen LogP contribution in [-0.2, 0) is 21.1 Å². The predicted octanol–water partition coefficient (Wildman–Crippen LogP) is 1.64. The van der Waals surface area contributed by atoms with Crippen LogP contribution in [0.3, 0.4) is 0 Å². The zero-order valence-corrected chi connectivity index (χ0v) is 27.7. The third-order valence-electron chi connectivity index (χ3n) is 9.69. The molecule has 7 nitrogen and oxygen atoms in total. The van der Waals surface area contributed by atoms with E-state index in [0.29, 0.717) is 0 Å². The molecule has 0 aliphatic carbocycles. The summed E-state index contributed by atoms with van der Waals surface area (Å²) in [6.07, 6.45) is 17.3. The Morgan fingerprint density at radius 3 is 1.47 bits per heavy atom. The van der Waals surface area contributed by atoms with E-state index < -0.39 is 16.9 Å². The molecule has 0 fully saturated rings. The van der Waals surface area contributed by atoms with Crippen LogP contribution in [0.5, 0.6) is 0 Å². The molecule has 0 amide bonds. The molecule has 0 N–H and O–H groups in total. The van der Waals surface area contributed by atoms with Crippen molar-refractivity contribution in [2.45, 2.75) is 0 Å². The molecule has 2 bridgehead atoms. The second-order valence-electron chi connectivity index (χ2n) is 12.4. The van der Waals surface area contributed by atoms with Crippen molar-refractivity contribution in [1.82, 2.24) is 9.82 Å². The molecule has 45 heavy (non-hydrogen) atoms. The SMILES string of the molecule is C[n+]1ccc(C2=C3C=CC(=N3)C(c3cc[n+](C)cc3)=c3ccc4[n]3[Ga]3[n]5c2ccc5C(c2cc[n+](C)cc2)=c2ccc=4[n]23)cc1. The molecule has 4 aliphatic rings. The molecule has 212 valence electrons. The number of pyridine rings is 3. The fraction of sp³-hybridized carbons (Fsp3) is 0.0811. The number of hydrogen-bond acceptors (Lipinski definition) is 1. The molecule has 0 atom stereocenters. The topological polar surface area (TPSA) is 38.8 Å². The van der Waals surface area contributed by atoms with Crippen molar-refractivity contribution < 1.29 is 13.7 Å². The minimum atomic E-state index is -2.83. The summed E-state index contributed by atoms with van der Waals surface area (Å²) in [6, 6.07) is 27.4. The second-order valence-corrected chi connectivity index (χ2v) is 17.1. The van der Waals surface area contributed by atoms with E-state index >= 15 is 0 Å².